The zero-order chi connectivity index (χ0) is 20.7. The summed E-state index contributed by atoms with van der Waals surface area (Å²) in [7, 11) is 0. The summed E-state index contributed by atoms with van der Waals surface area (Å²) in [4.78, 5) is 21.1. The Labute approximate surface area is 170 Å². The highest BCUT2D eigenvalue weighted by molar-refractivity contribution is 6.05. The maximum atomic E-state index is 13.5. The van der Waals surface area contributed by atoms with Crippen LogP contribution >= 0.6 is 0 Å². The quantitative estimate of drug-likeness (QED) is 0.471. The van der Waals surface area contributed by atoms with E-state index in [0.29, 0.717) is 47.9 Å². The summed E-state index contributed by atoms with van der Waals surface area (Å²) in [5, 5.41) is 11.6. The van der Waals surface area contributed by atoms with Crippen molar-refractivity contribution < 1.29 is 9.18 Å². The average molecular weight is 403 g/mol. The SMILES string of the molecule is NC(=O)c1cccc2c1cnn2-c1nc2c(c(NCc3cccc(F)c3)n1)CNC2. The zero-order valence-corrected chi connectivity index (χ0v) is 15.9. The molecule has 4 aromatic rings. The van der Waals surface area contributed by atoms with Crippen molar-refractivity contribution in [2.45, 2.75) is 19.6 Å². The van der Waals surface area contributed by atoms with Crippen LogP contribution in [0.1, 0.15) is 27.2 Å². The number of hydrogen-bond acceptors (Lipinski definition) is 6. The van der Waals surface area contributed by atoms with E-state index in [4.69, 9.17) is 5.73 Å². The van der Waals surface area contributed by atoms with E-state index in [1.54, 1.807) is 29.1 Å². The number of carbonyl (C=O) groups is 1. The van der Waals surface area contributed by atoms with Gasteiger partial charge in [-0.15, -0.1) is 0 Å². The second-order valence-electron chi connectivity index (χ2n) is 7.04. The molecule has 8 nitrogen and oxygen atoms in total. The van der Waals surface area contributed by atoms with Crippen molar-refractivity contribution >= 4 is 22.6 Å². The molecule has 0 unspecified atom stereocenters. The fourth-order valence-corrected chi connectivity index (χ4v) is 3.65. The predicted octanol–water partition coefficient (Wildman–Crippen LogP) is 2.27. The third kappa shape index (κ3) is 3.15. The van der Waals surface area contributed by atoms with Crippen molar-refractivity contribution in [3.05, 3.63) is 76.9 Å². The Balaban J connectivity index is 1.56. The molecule has 30 heavy (non-hydrogen) atoms. The second kappa shape index (κ2) is 7.20. The Morgan fingerprint density at radius 3 is 2.90 bits per heavy atom. The maximum absolute atomic E-state index is 13.5. The Bertz CT molecular complexity index is 1280. The first-order valence-electron chi connectivity index (χ1n) is 9.46. The number of carbonyl (C=O) groups excluding carboxylic acids is 1. The van der Waals surface area contributed by atoms with Crippen LogP contribution in [0.5, 0.6) is 0 Å². The smallest absolute Gasteiger partial charge is 0.253 e. The van der Waals surface area contributed by atoms with E-state index in [0.717, 1.165) is 16.8 Å². The topological polar surface area (TPSA) is 111 Å². The summed E-state index contributed by atoms with van der Waals surface area (Å²) >= 11 is 0. The summed E-state index contributed by atoms with van der Waals surface area (Å²) < 4.78 is 15.1. The molecule has 0 saturated heterocycles. The van der Waals surface area contributed by atoms with Crippen molar-refractivity contribution in [1.82, 2.24) is 25.1 Å². The van der Waals surface area contributed by atoms with E-state index in [-0.39, 0.29) is 5.82 Å². The first-order valence-corrected chi connectivity index (χ1v) is 9.46. The van der Waals surface area contributed by atoms with E-state index in [9.17, 15) is 9.18 Å². The Hall–Kier alpha value is -3.85. The molecule has 1 aliphatic heterocycles. The van der Waals surface area contributed by atoms with E-state index < -0.39 is 5.91 Å². The van der Waals surface area contributed by atoms with Crippen molar-refractivity contribution in [3.8, 4) is 5.95 Å². The fourth-order valence-electron chi connectivity index (χ4n) is 3.65. The molecule has 1 aliphatic rings. The van der Waals surface area contributed by atoms with Crippen LogP contribution in [0.4, 0.5) is 10.2 Å². The number of nitrogens with two attached hydrogens (primary N) is 1. The summed E-state index contributed by atoms with van der Waals surface area (Å²) in [5.41, 5.74) is 9.22. The number of primary amides is 1. The third-order valence-electron chi connectivity index (χ3n) is 5.09. The summed E-state index contributed by atoms with van der Waals surface area (Å²) in [5.74, 6) is 0.254. The van der Waals surface area contributed by atoms with Gasteiger partial charge in [0.2, 0.25) is 5.91 Å². The van der Waals surface area contributed by atoms with Gasteiger partial charge in [0.15, 0.2) is 0 Å². The number of rotatable bonds is 5. The van der Waals surface area contributed by atoms with E-state index in [1.165, 1.54) is 12.1 Å². The number of nitrogens with one attached hydrogen (secondary N) is 2. The van der Waals surface area contributed by atoms with Crippen LogP contribution in [0, 0.1) is 5.82 Å². The standard InChI is InChI=1S/C21H18FN7O/c22-13-4-1-3-12(7-13)8-25-20-16-9-24-11-17(16)27-21(28-20)29-18-6-2-5-14(19(23)30)15(18)10-26-29/h1-7,10,24H,8-9,11H2,(H2,23,30)(H,25,27,28). The van der Waals surface area contributed by atoms with Crippen LogP contribution in [0.2, 0.25) is 0 Å². The van der Waals surface area contributed by atoms with Crippen LogP contribution in [-0.4, -0.2) is 25.7 Å². The van der Waals surface area contributed by atoms with E-state index in [1.807, 2.05) is 12.1 Å². The van der Waals surface area contributed by atoms with Crippen molar-refractivity contribution in [1.29, 1.82) is 0 Å². The monoisotopic (exact) mass is 403 g/mol. The number of anilines is 1. The molecule has 5 rings (SSSR count). The molecule has 1 amide bonds. The predicted molar refractivity (Wildman–Crippen MR) is 109 cm³/mol. The highest BCUT2D eigenvalue weighted by Crippen LogP contribution is 2.25. The molecular weight excluding hydrogens is 385 g/mol. The number of aromatic nitrogens is 4. The van der Waals surface area contributed by atoms with Gasteiger partial charge in [0, 0.05) is 30.6 Å². The molecule has 150 valence electrons. The molecule has 0 atom stereocenters. The Kier molecular flexibility index (Phi) is 4.36. The maximum Gasteiger partial charge on any atom is 0.253 e. The lowest BCUT2D eigenvalue weighted by Gasteiger charge is -2.12. The Morgan fingerprint density at radius 1 is 1.20 bits per heavy atom. The molecule has 3 heterocycles. The lowest BCUT2D eigenvalue weighted by atomic mass is 10.1. The molecule has 0 aliphatic carbocycles. The molecule has 0 saturated carbocycles. The second-order valence-corrected chi connectivity index (χ2v) is 7.04. The Morgan fingerprint density at radius 2 is 2.07 bits per heavy atom. The van der Waals surface area contributed by atoms with Gasteiger partial charge in [-0.3, -0.25) is 4.79 Å². The molecular formula is C21H18FN7O. The normalized spacial score (nSPS) is 12.8. The van der Waals surface area contributed by atoms with Gasteiger partial charge in [0.1, 0.15) is 11.6 Å². The van der Waals surface area contributed by atoms with Crippen LogP contribution < -0.4 is 16.4 Å². The molecule has 9 heteroatoms. The van der Waals surface area contributed by atoms with Gasteiger partial charge in [0.25, 0.3) is 5.95 Å². The molecule has 2 aromatic carbocycles. The van der Waals surface area contributed by atoms with Gasteiger partial charge >= 0.3 is 0 Å². The number of fused-ring (bicyclic) bond motifs is 2. The number of benzene rings is 2. The minimum atomic E-state index is -0.517. The van der Waals surface area contributed by atoms with E-state index >= 15 is 0 Å². The summed E-state index contributed by atoms with van der Waals surface area (Å²) in [6.45, 7) is 1.68. The van der Waals surface area contributed by atoms with Crippen LogP contribution in [0.15, 0.2) is 48.7 Å². The molecule has 0 fully saturated rings. The van der Waals surface area contributed by atoms with Crippen LogP contribution in [-0.2, 0) is 19.6 Å². The van der Waals surface area contributed by atoms with Crippen molar-refractivity contribution in [2.24, 2.45) is 5.73 Å². The molecule has 0 bridgehead atoms. The zero-order valence-electron chi connectivity index (χ0n) is 15.9. The highest BCUT2D eigenvalue weighted by atomic mass is 19.1. The third-order valence-corrected chi connectivity index (χ3v) is 5.09. The molecule has 0 spiro atoms. The molecule has 4 N–H and O–H groups in total. The minimum Gasteiger partial charge on any atom is -0.366 e. The molecule has 2 aromatic heterocycles. The number of hydrogen-bond donors (Lipinski definition) is 3. The van der Waals surface area contributed by atoms with Gasteiger partial charge < -0.3 is 16.4 Å². The van der Waals surface area contributed by atoms with Gasteiger partial charge in [-0.1, -0.05) is 18.2 Å². The highest BCUT2D eigenvalue weighted by Gasteiger charge is 2.21. The van der Waals surface area contributed by atoms with Gasteiger partial charge in [-0.05, 0) is 29.8 Å². The summed E-state index contributed by atoms with van der Waals surface area (Å²) in [6.07, 6.45) is 1.59. The first kappa shape index (κ1) is 18.2. The van der Waals surface area contributed by atoms with Gasteiger partial charge in [-0.2, -0.15) is 14.8 Å². The number of halogens is 1. The van der Waals surface area contributed by atoms with E-state index in [2.05, 4.69) is 25.7 Å². The number of nitrogens with zero attached hydrogens (tertiary/aromatic N) is 4. The van der Waals surface area contributed by atoms with Crippen LogP contribution in [0.3, 0.4) is 0 Å². The molecule has 0 radical (unpaired) electrons. The minimum absolute atomic E-state index is 0.280. The number of amides is 1. The largest absolute Gasteiger partial charge is 0.366 e. The lowest BCUT2D eigenvalue weighted by molar-refractivity contribution is 0.100. The van der Waals surface area contributed by atoms with Crippen LogP contribution in [0.25, 0.3) is 16.9 Å². The lowest BCUT2D eigenvalue weighted by Crippen LogP contribution is -2.12. The average Bonchev–Trinajstić information content (AvgIpc) is 3.38. The van der Waals surface area contributed by atoms with Crippen molar-refractivity contribution in [3.63, 3.8) is 0 Å². The first-order chi connectivity index (χ1) is 14.6. The summed E-state index contributed by atoms with van der Waals surface area (Å²) in [6, 6.07) is 11.7. The fraction of sp³-hybridized carbons (Fsp3) is 0.143. The van der Waals surface area contributed by atoms with Crippen molar-refractivity contribution in [2.75, 3.05) is 5.32 Å². The van der Waals surface area contributed by atoms with Gasteiger partial charge in [0.05, 0.1) is 23.0 Å². The van der Waals surface area contributed by atoms with Gasteiger partial charge in [-0.25, -0.2) is 9.37 Å².